The van der Waals surface area contributed by atoms with E-state index in [9.17, 15) is 9.59 Å². The molecule has 0 bridgehead atoms. The van der Waals surface area contributed by atoms with Crippen LogP contribution in [0.2, 0.25) is 0 Å². The van der Waals surface area contributed by atoms with Crippen molar-refractivity contribution in [1.29, 1.82) is 0 Å². The number of aromatic nitrogens is 1. The van der Waals surface area contributed by atoms with E-state index in [2.05, 4.69) is 15.6 Å². The van der Waals surface area contributed by atoms with Gasteiger partial charge >= 0.3 is 0 Å². The highest BCUT2D eigenvalue weighted by molar-refractivity contribution is 8.00. The molecule has 0 saturated carbocycles. The van der Waals surface area contributed by atoms with E-state index in [4.69, 9.17) is 0 Å². The first kappa shape index (κ1) is 21.8. The summed E-state index contributed by atoms with van der Waals surface area (Å²) in [6.07, 6.45) is 1.66. The molecule has 7 heteroatoms. The Kier molecular flexibility index (Phi) is 6.99. The third-order valence-corrected chi connectivity index (χ3v) is 6.60. The lowest BCUT2D eigenvalue weighted by Gasteiger charge is -2.16. The molecule has 2 N–H and O–H groups in total. The summed E-state index contributed by atoms with van der Waals surface area (Å²) in [6, 6.07) is 24.6. The Labute approximate surface area is 194 Å². The molecular formula is C25H21N3O2S2. The topological polar surface area (TPSA) is 71.1 Å². The Morgan fingerprint density at radius 2 is 1.72 bits per heavy atom. The predicted molar refractivity (Wildman–Crippen MR) is 131 cm³/mol. The predicted octanol–water partition coefficient (Wildman–Crippen LogP) is 6.18. The molecule has 0 aliphatic heterocycles. The molecule has 1 heterocycles. The third kappa shape index (κ3) is 5.63. The quantitative estimate of drug-likeness (QED) is 0.324. The van der Waals surface area contributed by atoms with Crippen molar-refractivity contribution in [2.24, 2.45) is 0 Å². The van der Waals surface area contributed by atoms with E-state index in [1.54, 1.807) is 12.3 Å². The highest BCUT2D eigenvalue weighted by atomic mass is 32.2. The van der Waals surface area contributed by atoms with Crippen LogP contribution in [0.1, 0.15) is 26.7 Å². The molecule has 1 unspecified atom stereocenters. The van der Waals surface area contributed by atoms with Crippen molar-refractivity contribution in [2.75, 3.05) is 10.6 Å². The number of anilines is 2. The monoisotopic (exact) mass is 459 g/mol. The van der Waals surface area contributed by atoms with E-state index >= 15 is 0 Å². The van der Waals surface area contributed by atoms with Crippen molar-refractivity contribution >= 4 is 45.7 Å². The molecule has 0 fully saturated rings. The number of nitrogens with one attached hydrogen (secondary N) is 2. The fraction of sp³-hybridized carbons (Fsp3) is 0.0800. The lowest BCUT2D eigenvalue weighted by molar-refractivity contribution is -0.115. The molecule has 0 aliphatic rings. The molecule has 32 heavy (non-hydrogen) atoms. The molecule has 5 nitrogen and oxygen atoms in total. The van der Waals surface area contributed by atoms with Gasteiger partial charge in [-0.15, -0.1) is 23.1 Å². The van der Waals surface area contributed by atoms with Crippen LogP contribution in [-0.2, 0) is 4.79 Å². The van der Waals surface area contributed by atoms with Crippen molar-refractivity contribution in [3.63, 3.8) is 0 Å². The number of amides is 2. The van der Waals surface area contributed by atoms with E-state index in [1.165, 1.54) is 23.1 Å². The fourth-order valence-corrected chi connectivity index (χ4v) is 4.66. The van der Waals surface area contributed by atoms with Gasteiger partial charge in [-0.1, -0.05) is 48.0 Å². The number of aryl methyl sites for hydroxylation is 1. The van der Waals surface area contributed by atoms with Gasteiger partial charge in [-0.2, -0.15) is 0 Å². The molecule has 160 valence electrons. The molecule has 1 atom stereocenters. The maximum atomic E-state index is 13.0. The van der Waals surface area contributed by atoms with Crippen LogP contribution in [0.25, 0.3) is 0 Å². The number of thioether (sulfide) groups is 1. The first-order valence-electron chi connectivity index (χ1n) is 9.98. The average Bonchev–Trinajstić information content (AvgIpc) is 3.32. The molecule has 4 aromatic rings. The van der Waals surface area contributed by atoms with E-state index in [-0.39, 0.29) is 11.8 Å². The Hall–Kier alpha value is -3.42. The van der Waals surface area contributed by atoms with Crippen molar-refractivity contribution in [2.45, 2.75) is 17.1 Å². The average molecular weight is 460 g/mol. The Morgan fingerprint density at radius 1 is 0.938 bits per heavy atom. The smallest absolute Gasteiger partial charge is 0.255 e. The molecule has 2 amide bonds. The second-order valence-electron chi connectivity index (χ2n) is 7.08. The Morgan fingerprint density at radius 3 is 2.41 bits per heavy atom. The third-order valence-electron chi connectivity index (χ3n) is 4.65. The van der Waals surface area contributed by atoms with Crippen LogP contribution in [0.15, 0.2) is 95.3 Å². The van der Waals surface area contributed by atoms with Crippen LogP contribution in [0.5, 0.6) is 0 Å². The molecule has 4 rings (SSSR count). The summed E-state index contributed by atoms with van der Waals surface area (Å²) in [6.45, 7) is 1.95. The zero-order chi connectivity index (χ0) is 22.3. The van der Waals surface area contributed by atoms with Gasteiger partial charge in [0.2, 0.25) is 5.91 Å². The number of carbonyl (C=O) groups excluding carboxylic acids is 2. The lowest BCUT2D eigenvalue weighted by atomic mass is 10.1. The first-order chi connectivity index (χ1) is 15.6. The number of nitrogens with zero attached hydrogens (tertiary/aromatic N) is 1. The summed E-state index contributed by atoms with van der Waals surface area (Å²) in [5.41, 5.74) is 3.26. The highest BCUT2D eigenvalue weighted by Crippen LogP contribution is 2.36. The number of benzene rings is 3. The second kappa shape index (κ2) is 10.3. The van der Waals surface area contributed by atoms with Crippen molar-refractivity contribution < 1.29 is 9.59 Å². The van der Waals surface area contributed by atoms with E-state index in [1.807, 2.05) is 85.1 Å². The van der Waals surface area contributed by atoms with Crippen molar-refractivity contribution in [3.05, 3.63) is 107 Å². The minimum Gasteiger partial charge on any atom is -0.322 e. The van der Waals surface area contributed by atoms with Gasteiger partial charge in [-0.05, 0) is 48.9 Å². The summed E-state index contributed by atoms with van der Waals surface area (Å²) >= 11 is 2.83. The van der Waals surface area contributed by atoms with Gasteiger partial charge in [-0.25, -0.2) is 4.98 Å². The summed E-state index contributed by atoms with van der Waals surface area (Å²) in [7, 11) is 0. The molecule has 0 spiro atoms. The van der Waals surface area contributed by atoms with Crippen LogP contribution in [0.3, 0.4) is 0 Å². The van der Waals surface area contributed by atoms with Crippen molar-refractivity contribution in [3.8, 4) is 0 Å². The highest BCUT2D eigenvalue weighted by Gasteiger charge is 2.23. The maximum absolute atomic E-state index is 13.0. The number of rotatable bonds is 7. The van der Waals surface area contributed by atoms with Gasteiger partial charge in [0.1, 0.15) is 5.25 Å². The Balaban J connectivity index is 1.47. The minimum absolute atomic E-state index is 0.132. The minimum atomic E-state index is -0.437. The molecule has 1 aromatic heterocycles. The van der Waals surface area contributed by atoms with Crippen LogP contribution < -0.4 is 10.6 Å². The maximum Gasteiger partial charge on any atom is 0.255 e. The van der Waals surface area contributed by atoms with Gasteiger partial charge in [0.05, 0.1) is 0 Å². The summed E-state index contributed by atoms with van der Waals surface area (Å²) in [5, 5.41) is 7.77. The standard InChI is InChI=1S/C25H21N3O2S2/c1-17-6-5-9-19(16-17)23(29)27-20-10-12-21(13-11-20)32-22(18-7-3-2-4-8-18)24(30)28-25-26-14-15-31-25/h2-16,22H,1H3,(H,27,29)(H,26,28,30). The first-order valence-corrected chi connectivity index (χ1v) is 11.7. The molecule has 3 aromatic carbocycles. The number of hydrogen-bond acceptors (Lipinski definition) is 5. The second-order valence-corrected chi connectivity index (χ2v) is 9.16. The van der Waals surface area contributed by atoms with Crippen LogP contribution in [0.4, 0.5) is 10.8 Å². The van der Waals surface area contributed by atoms with Crippen LogP contribution >= 0.6 is 23.1 Å². The van der Waals surface area contributed by atoms with Crippen molar-refractivity contribution in [1.82, 2.24) is 4.98 Å². The summed E-state index contributed by atoms with van der Waals surface area (Å²) in [5.74, 6) is -0.285. The van der Waals surface area contributed by atoms with Crippen LogP contribution in [-0.4, -0.2) is 16.8 Å². The number of thiazole rings is 1. The van der Waals surface area contributed by atoms with E-state index < -0.39 is 5.25 Å². The summed E-state index contributed by atoms with van der Waals surface area (Å²) in [4.78, 5) is 30.5. The molecule has 0 saturated heterocycles. The fourth-order valence-electron chi connectivity index (χ4n) is 3.10. The normalized spacial score (nSPS) is 11.5. The summed E-state index contributed by atoms with van der Waals surface area (Å²) < 4.78 is 0. The SMILES string of the molecule is Cc1cccc(C(=O)Nc2ccc(SC(C(=O)Nc3nccs3)c3ccccc3)cc2)c1. The zero-order valence-electron chi connectivity index (χ0n) is 17.3. The van der Waals surface area contributed by atoms with Crippen LogP contribution in [0, 0.1) is 6.92 Å². The molecule has 0 radical (unpaired) electrons. The van der Waals surface area contributed by atoms with E-state index in [0.29, 0.717) is 16.4 Å². The largest absolute Gasteiger partial charge is 0.322 e. The van der Waals surface area contributed by atoms with Gasteiger partial charge in [0.15, 0.2) is 5.13 Å². The zero-order valence-corrected chi connectivity index (χ0v) is 19.0. The lowest BCUT2D eigenvalue weighted by Crippen LogP contribution is -2.18. The number of carbonyl (C=O) groups is 2. The van der Waals surface area contributed by atoms with Gasteiger partial charge in [0, 0.05) is 27.7 Å². The molecule has 0 aliphatic carbocycles. The number of hydrogen-bond donors (Lipinski definition) is 2. The molecular weight excluding hydrogens is 438 g/mol. The van der Waals surface area contributed by atoms with Gasteiger partial charge in [0.25, 0.3) is 5.91 Å². The van der Waals surface area contributed by atoms with E-state index in [0.717, 1.165) is 16.0 Å². The van der Waals surface area contributed by atoms with Gasteiger partial charge < -0.3 is 10.6 Å². The Bertz CT molecular complexity index is 1190. The van der Waals surface area contributed by atoms with Gasteiger partial charge in [-0.3, -0.25) is 9.59 Å².